The van der Waals surface area contributed by atoms with Crippen molar-refractivity contribution >= 4 is 12.4 Å². The molecule has 0 amide bonds. The van der Waals surface area contributed by atoms with Gasteiger partial charge >= 0.3 is 0 Å². The number of nitrogens with one attached hydrogen (secondary N) is 1. The summed E-state index contributed by atoms with van der Waals surface area (Å²) >= 11 is 0. The van der Waals surface area contributed by atoms with Crippen molar-refractivity contribution in [1.29, 1.82) is 0 Å². The summed E-state index contributed by atoms with van der Waals surface area (Å²) in [6.07, 6.45) is 2.52. The number of nitrogens with zero attached hydrogens (tertiary/aromatic N) is 3. The summed E-state index contributed by atoms with van der Waals surface area (Å²) in [7, 11) is 2.03. The fraction of sp³-hybridized carbons (Fsp3) is 0.846. The number of halogens is 1. The Morgan fingerprint density at radius 1 is 1.37 bits per heavy atom. The van der Waals surface area contributed by atoms with Gasteiger partial charge in [0.05, 0.1) is 6.54 Å². The molecule has 19 heavy (non-hydrogen) atoms. The molecule has 1 aliphatic rings. The molecule has 1 aliphatic heterocycles. The van der Waals surface area contributed by atoms with Gasteiger partial charge in [-0.05, 0) is 45.4 Å². The Bertz CT molecular complexity index is 361. The molecule has 2 heterocycles. The molecule has 110 valence electrons. The van der Waals surface area contributed by atoms with E-state index in [1.54, 1.807) is 0 Å². The first-order valence-corrected chi connectivity index (χ1v) is 6.88. The standard InChI is InChI=1S/C13H24N4O.ClH/c1-10(2)13-15-12(16-18-13)9-17-6-4-11(5-7-17)8-14-3;/h10-11,14H,4-9H2,1-3H3;1H. The maximum absolute atomic E-state index is 5.23. The van der Waals surface area contributed by atoms with E-state index in [1.807, 2.05) is 7.05 Å². The summed E-state index contributed by atoms with van der Waals surface area (Å²) in [5, 5.41) is 7.31. The normalized spacial score (nSPS) is 17.7. The Morgan fingerprint density at radius 3 is 2.58 bits per heavy atom. The molecule has 0 spiro atoms. The van der Waals surface area contributed by atoms with E-state index in [9.17, 15) is 0 Å². The van der Waals surface area contributed by atoms with Crippen LogP contribution in [0.1, 0.15) is 44.3 Å². The number of likely N-dealkylation sites (tertiary alicyclic amines) is 1. The van der Waals surface area contributed by atoms with Crippen LogP contribution in [0.2, 0.25) is 0 Å². The summed E-state index contributed by atoms with van der Waals surface area (Å²) in [5.74, 6) is 2.70. The molecule has 0 unspecified atom stereocenters. The zero-order chi connectivity index (χ0) is 13.0. The van der Waals surface area contributed by atoms with E-state index in [4.69, 9.17) is 4.52 Å². The topological polar surface area (TPSA) is 54.2 Å². The highest BCUT2D eigenvalue weighted by atomic mass is 35.5. The van der Waals surface area contributed by atoms with Crippen molar-refractivity contribution in [2.24, 2.45) is 5.92 Å². The number of hydrogen-bond donors (Lipinski definition) is 1. The first kappa shape index (κ1) is 16.4. The first-order valence-electron chi connectivity index (χ1n) is 6.88. The molecule has 2 rings (SSSR count). The van der Waals surface area contributed by atoms with E-state index in [1.165, 1.54) is 12.8 Å². The maximum atomic E-state index is 5.23. The second kappa shape index (κ2) is 7.82. The lowest BCUT2D eigenvalue weighted by Gasteiger charge is -2.30. The van der Waals surface area contributed by atoms with Gasteiger partial charge in [-0.2, -0.15) is 4.98 Å². The second-order valence-electron chi connectivity index (χ2n) is 5.48. The van der Waals surface area contributed by atoms with Gasteiger partial charge in [-0.1, -0.05) is 19.0 Å². The van der Waals surface area contributed by atoms with Crippen molar-refractivity contribution in [2.45, 2.75) is 39.2 Å². The highest BCUT2D eigenvalue weighted by Crippen LogP contribution is 2.18. The predicted molar refractivity (Wildman–Crippen MR) is 77.6 cm³/mol. The molecule has 6 heteroatoms. The fourth-order valence-electron chi connectivity index (χ4n) is 2.40. The van der Waals surface area contributed by atoms with E-state index in [0.29, 0.717) is 5.92 Å². The molecule has 0 aliphatic carbocycles. The molecule has 0 bridgehead atoms. The van der Waals surface area contributed by atoms with E-state index in [-0.39, 0.29) is 12.4 Å². The van der Waals surface area contributed by atoms with Gasteiger partial charge < -0.3 is 9.84 Å². The predicted octanol–water partition coefficient (Wildman–Crippen LogP) is 2.05. The molecule has 0 radical (unpaired) electrons. The Hall–Kier alpha value is -0.650. The summed E-state index contributed by atoms with van der Waals surface area (Å²) in [4.78, 5) is 6.85. The zero-order valence-corrected chi connectivity index (χ0v) is 12.9. The van der Waals surface area contributed by atoms with Crippen LogP contribution in [-0.4, -0.2) is 41.7 Å². The number of rotatable bonds is 5. The van der Waals surface area contributed by atoms with Crippen molar-refractivity contribution in [2.75, 3.05) is 26.7 Å². The minimum absolute atomic E-state index is 0. The molecule has 1 saturated heterocycles. The molecule has 1 N–H and O–H groups in total. The third kappa shape index (κ3) is 4.75. The third-order valence-corrected chi connectivity index (χ3v) is 3.54. The molecule has 0 aromatic carbocycles. The lowest BCUT2D eigenvalue weighted by Crippen LogP contribution is -2.36. The highest BCUT2D eigenvalue weighted by molar-refractivity contribution is 5.85. The molecule has 0 atom stereocenters. The quantitative estimate of drug-likeness (QED) is 0.899. The third-order valence-electron chi connectivity index (χ3n) is 3.54. The van der Waals surface area contributed by atoms with Crippen LogP contribution in [0.15, 0.2) is 4.52 Å². The summed E-state index contributed by atoms with van der Waals surface area (Å²) in [5.41, 5.74) is 0. The molecular weight excluding hydrogens is 264 g/mol. The van der Waals surface area contributed by atoms with Crippen molar-refractivity contribution in [1.82, 2.24) is 20.4 Å². The maximum Gasteiger partial charge on any atom is 0.229 e. The van der Waals surface area contributed by atoms with E-state index in [2.05, 4.69) is 34.2 Å². The number of hydrogen-bond acceptors (Lipinski definition) is 5. The molecule has 5 nitrogen and oxygen atoms in total. The van der Waals surface area contributed by atoms with Crippen LogP contribution < -0.4 is 5.32 Å². The van der Waals surface area contributed by atoms with Crippen molar-refractivity contribution in [3.63, 3.8) is 0 Å². The fourth-order valence-corrected chi connectivity index (χ4v) is 2.40. The number of aromatic nitrogens is 2. The monoisotopic (exact) mass is 288 g/mol. The Labute approximate surface area is 121 Å². The van der Waals surface area contributed by atoms with Gasteiger partial charge in [-0.3, -0.25) is 4.90 Å². The average molecular weight is 289 g/mol. The average Bonchev–Trinajstić information content (AvgIpc) is 2.81. The second-order valence-corrected chi connectivity index (χ2v) is 5.48. The minimum Gasteiger partial charge on any atom is -0.339 e. The Morgan fingerprint density at radius 2 is 2.05 bits per heavy atom. The van der Waals surface area contributed by atoms with Gasteiger partial charge in [0.15, 0.2) is 5.82 Å². The molecular formula is C13H25ClN4O. The number of piperidine rings is 1. The van der Waals surface area contributed by atoms with E-state index in [0.717, 1.165) is 43.8 Å². The smallest absolute Gasteiger partial charge is 0.229 e. The van der Waals surface area contributed by atoms with Gasteiger partial charge in [-0.25, -0.2) is 0 Å². The first-order chi connectivity index (χ1) is 8.69. The van der Waals surface area contributed by atoms with Crippen molar-refractivity contribution in [3.05, 3.63) is 11.7 Å². The van der Waals surface area contributed by atoms with E-state index < -0.39 is 0 Å². The van der Waals surface area contributed by atoms with Crippen molar-refractivity contribution < 1.29 is 4.52 Å². The van der Waals surface area contributed by atoms with Crippen LogP contribution in [0.3, 0.4) is 0 Å². The van der Waals surface area contributed by atoms with Gasteiger partial charge in [0.2, 0.25) is 5.89 Å². The molecule has 1 aromatic heterocycles. The van der Waals surface area contributed by atoms with Crippen LogP contribution in [0.4, 0.5) is 0 Å². The zero-order valence-electron chi connectivity index (χ0n) is 12.1. The molecule has 0 saturated carbocycles. The highest BCUT2D eigenvalue weighted by Gasteiger charge is 2.20. The molecule has 1 aromatic rings. The lowest BCUT2D eigenvalue weighted by molar-refractivity contribution is 0.171. The lowest BCUT2D eigenvalue weighted by atomic mass is 9.97. The van der Waals surface area contributed by atoms with Crippen LogP contribution in [-0.2, 0) is 6.54 Å². The van der Waals surface area contributed by atoms with Crippen LogP contribution in [0.5, 0.6) is 0 Å². The summed E-state index contributed by atoms with van der Waals surface area (Å²) in [6, 6.07) is 0. The van der Waals surface area contributed by atoms with Crippen molar-refractivity contribution in [3.8, 4) is 0 Å². The summed E-state index contributed by atoms with van der Waals surface area (Å²) < 4.78 is 5.23. The van der Waals surface area contributed by atoms with Crippen LogP contribution in [0, 0.1) is 5.92 Å². The van der Waals surface area contributed by atoms with Crippen LogP contribution >= 0.6 is 12.4 Å². The van der Waals surface area contributed by atoms with Gasteiger partial charge in [0.1, 0.15) is 0 Å². The minimum atomic E-state index is 0. The molecule has 1 fully saturated rings. The van der Waals surface area contributed by atoms with E-state index >= 15 is 0 Å². The Balaban J connectivity index is 0.00000180. The van der Waals surface area contributed by atoms with Gasteiger partial charge in [0.25, 0.3) is 0 Å². The Kier molecular flexibility index (Phi) is 6.75. The van der Waals surface area contributed by atoms with Crippen LogP contribution in [0.25, 0.3) is 0 Å². The SMILES string of the molecule is CNCC1CCN(Cc2noc(C(C)C)n2)CC1.Cl. The largest absolute Gasteiger partial charge is 0.339 e. The van der Waals surface area contributed by atoms with Gasteiger partial charge in [-0.15, -0.1) is 12.4 Å². The van der Waals surface area contributed by atoms with Gasteiger partial charge in [0, 0.05) is 5.92 Å². The summed E-state index contributed by atoms with van der Waals surface area (Å²) in [6.45, 7) is 8.37.